The van der Waals surface area contributed by atoms with Gasteiger partial charge in [0.2, 0.25) is 5.91 Å². The second-order valence-corrected chi connectivity index (χ2v) is 10.7. The number of halogens is 3. The molecule has 0 atom stereocenters. The molecule has 1 aliphatic carbocycles. The fourth-order valence-corrected chi connectivity index (χ4v) is 6.03. The zero-order chi connectivity index (χ0) is 25.7. The molecule has 1 saturated carbocycles. The van der Waals surface area contributed by atoms with E-state index >= 15 is 0 Å². The number of thiazole rings is 1. The van der Waals surface area contributed by atoms with Crippen LogP contribution in [0.3, 0.4) is 0 Å². The van der Waals surface area contributed by atoms with E-state index in [1.54, 1.807) is 11.1 Å². The molecule has 2 aliphatic rings. The molecule has 1 fully saturated rings. The van der Waals surface area contributed by atoms with E-state index in [1.807, 2.05) is 16.7 Å². The number of pyridine rings is 1. The molecule has 3 aromatic heterocycles. The zero-order valence-electron chi connectivity index (χ0n) is 19.3. The molecule has 3 aromatic rings. The third-order valence-corrected chi connectivity index (χ3v) is 8.30. The summed E-state index contributed by atoms with van der Waals surface area (Å²) in [5.74, 6) is -1.27. The number of rotatable bonds is 5. The van der Waals surface area contributed by atoms with Crippen molar-refractivity contribution in [3.05, 3.63) is 45.7 Å². The van der Waals surface area contributed by atoms with Crippen molar-refractivity contribution in [1.29, 1.82) is 0 Å². The van der Waals surface area contributed by atoms with Crippen molar-refractivity contribution >= 4 is 34.2 Å². The number of carboxylic acid groups (broad SMARTS) is 1. The number of fused-ring (bicyclic) bond motifs is 3. The van der Waals surface area contributed by atoms with Gasteiger partial charge in [0.1, 0.15) is 5.65 Å². The largest absolute Gasteiger partial charge is 0.479 e. The number of nitrogens with zero attached hydrogens (tertiary/aromatic N) is 4. The molecule has 12 heteroatoms. The molecule has 0 saturated heterocycles. The van der Waals surface area contributed by atoms with Gasteiger partial charge in [-0.2, -0.15) is 13.2 Å². The number of carbonyl (C=O) groups excluding carboxylic acids is 1. The van der Waals surface area contributed by atoms with Gasteiger partial charge in [0.05, 0.1) is 13.1 Å². The van der Waals surface area contributed by atoms with E-state index in [0.717, 1.165) is 16.6 Å². The van der Waals surface area contributed by atoms with E-state index in [-0.39, 0.29) is 37.6 Å². The Kier molecular flexibility index (Phi) is 6.27. The SMILES string of the molecule is O=C(C[C@H]1CC[C@](O)(C(=O)O)CC1)N1CCc2c(n(Cc3cnc(C(F)(F)F)s3)c3ncccc23)C1. The van der Waals surface area contributed by atoms with Crippen LogP contribution in [0.4, 0.5) is 13.2 Å². The summed E-state index contributed by atoms with van der Waals surface area (Å²) in [7, 11) is 0. The zero-order valence-corrected chi connectivity index (χ0v) is 20.1. The molecule has 0 aromatic carbocycles. The summed E-state index contributed by atoms with van der Waals surface area (Å²) in [6, 6.07) is 3.76. The van der Waals surface area contributed by atoms with Crippen LogP contribution in [0.1, 0.15) is 53.2 Å². The summed E-state index contributed by atoms with van der Waals surface area (Å²) in [6.07, 6.45) is 0.434. The Labute approximate surface area is 208 Å². The normalized spacial score (nSPS) is 22.6. The average molecular weight is 523 g/mol. The van der Waals surface area contributed by atoms with Crippen molar-refractivity contribution in [1.82, 2.24) is 19.4 Å². The minimum Gasteiger partial charge on any atom is -0.479 e. The summed E-state index contributed by atoms with van der Waals surface area (Å²) < 4.78 is 41.1. The van der Waals surface area contributed by atoms with Gasteiger partial charge in [-0.3, -0.25) is 4.79 Å². The first-order valence-electron chi connectivity index (χ1n) is 11.8. The molecule has 0 spiro atoms. The van der Waals surface area contributed by atoms with Crippen molar-refractivity contribution in [2.24, 2.45) is 5.92 Å². The molecule has 0 radical (unpaired) electrons. The Morgan fingerprint density at radius 2 is 1.97 bits per heavy atom. The highest BCUT2D eigenvalue weighted by Gasteiger charge is 2.41. The lowest BCUT2D eigenvalue weighted by Gasteiger charge is -2.34. The Morgan fingerprint density at radius 3 is 2.64 bits per heavy atom. The molecule has 8 nitrogen and oxygen atoms in total. The maximum Gasteiger partial charge on any atom is 0.443 e. The number of carbonyl (C=O) groups is 2. The monoisotopic (exact) mass is 522 g/mol. The van der Waals surface area contributed by atoms with E-state index < -0.39 is 22.8 Å². The van der Waals surface area contributed by atoms with Crippen LogP contribution in [0.2, 0.25) is 0 Å². The number of alkyl halides is 3. The Balaban J connectivity index is 1.35. The quantitative estimate of drug-likeness (QED) is 0.527. The van der Waals surface area contributed by atoms with Gasteiger partial charge in [0, 0.05) is 41.3 Å². The molecular formula is C24H25F3N4O4S. The summed E-state index contributed by atoms with van der Waals surface area (Å²) in [5.41, 5.74) is 0.857. The van der Waals surface area contributed by atoms with Crippen molar-refractivity contribution in [3.63, 3.8) is 0 Å². The molecule has 5 rings (SSSR count). The second kappa shape index (κ2) is 9.15. The number of hydrogen-bond acceptors (Lipinski definition) is 6. The average Bonchev–Trinajstić information content (AvgIpc) is 3.44. The highest BCUT2D eigenvalue weighted by molar-refractivity contribution is 7.11. The van der Waals surface area contributed by atoms with Crippen LogP contribution in [0.25, 0.3) is 11.0 Å². The van der Waals surface area contributed by atoms with E-state index in [4.69, 9.17) is 0 Å². The third-order valence-electron chi connectivity index (χ3n) is 7.27. The van der Waals surface area contributed by atoms with Crippen LogP contribution in [-0.4, -0.2) is 53.7 Å². The fraction of sp³-hybridized carbons (Fsp3) is 0.500. The van der Waals surface area contributed by atoms with Gasteiger partial charge in [-0.25, -0.2) is 14.8 Å². The van der Waals surface area contributed by atoms with Crippen molar-refractivity contribution in [2.45, 2.75) is 63.4 Å². The fourth-order valence-electron chi connectivity index (χ4n) is 5.26. The van der Waals surface area contributed by atoms with Gasteiger partial charge < -0.3 is 19.7 Å². The lowest BCUT2D eigenvalue weighted by atomic mass is 9.77. The predicted octanol–water partition coefficient (Wildman–Crippen LogP) is 3.84. The number of amides is 1. The van der Waals surface area contributed by atoms with Crippen LogP contribution in [0.15, 0.2) is 24.5 Å². The lowest BCUT2D eigenvalue weighted by Crippen LogP contribution is -2.43. The second-order valence-electron chi connectivity index (χ2n) is 9.56. The highest BCUT2D eigenvalue weighted by Crippen LogP contribution is 2.37. The number of aromatic nitrogens is 3. The molecular weight excluding hydrogens is 497 g/mol. The van der Waals surface area contributed by atoms with Crippen LogP contribution in [0.5, 0.6) is 0 Å². The van der Waals surface area contributed by atoms with Crippen LogP contribution < -0.4 is 0 Å². The van der Waals surface area contributed by atoms with Crippen LogP contribution in [-0.2, 0) is 35.3 Å². The summed E-state index contributed by atoms with van der Waals surface area (Å²) in [4.78, 5) is 34.6. The van der Waals surface area contributed by atoms with E-state index in [1.165, 1.54) is 6.20 Å². The minimum absolute atomic E-state index is 0.00373. The van der Waals surface area contributed by atoms with Gasteiger partial charge in [-0.1, -0.05) is 0 Å². The number of aliphatic hydroxyl groups is 1. The molecule has 0 bridgehead atoms. The maximum absolute atomic E-state index is 13.2. The molecule has 1 amide bonds. The van der Waals surface area contributed by atoms with Crippen molar-refractivity contribution < 1.29 is 33.0 Å². The standard InChI is InChI=1S/C24H25F3N4O4S/c25-24(26,27)21-29-11-15(36-21)12-31-18-13-30(9-5-16(18)17-2-1-8-28-20(17)31)19(32)10-14-3-6-23(35,7-4-14)22(33)34/h1-2,8,11,14,35H,3-7,9-10,12-13H2,(H,33,34)/t14-,23+. The number of carboxylic acids is 1. The van der Waals surface area contributed by atoms with Gasteiger partial charge >= 0.3 is 12.1 Å². The first-order chi connectivity index (χ1) is 17.0. The van der Waals surface area contributed by atoms with E-state index in [2.05, 4.69) is 9.97 Å². The van der Waals surface area contributed by atoms with Gasteiger partial charge in [-0.05, 0) is 55.7 Å². The Bertz CT molecular complexity index is 1310. The number of aliphatic carboxylic acids is 1. The topological polar surface area (TPSA) is 109 Å². The molecule has 36 heavy (non-hydrogen) atoms. The molecule has 1 aliphatic heterocycles. The van der Waals surface area contributed by atoms with Crippen LogP contribution in [0, 0.1) is 5.92 Å². The minimum atomic E-state index is -4.50. The van der Waals surface area contributed by atoms with Crippen molar-refractivity contribution in [2.75, 3.05) is 6.54 Å². The van der Waals surface area contributed by atoms with Gasteiger partial charge in [-0.15, -0.1) is 11.3 Å². The van der Waals surface area contributed by atoms with Crippen molar-refractivity contribution in [3.8, 4) is 0 Å². The van der Waals surface area contributed by atoms with E-state index in [9.17, 15) is 33.0 Å². The Hall–Kier alpha value is -2.99. The molecule has 0 unspecified atom stereocenters. The first kappa shape index (κ1) is 24.7. The van der Waals surface area contributed by atoms with E-state index in [0.29, 0.717) is 54.2 Å². The molecule has 2 N–H and O–H groups in total. The third kappa shape index (κ3) is 4.59. The summed E-state index contributed by atoms with van der Waals surface area (Å²) >= 11 is 0.602. The smallest absolute Gasteiger partial charge is 0.443 e. The van der Waals surface area contributed by atoms with Crippen LogP contribution >= 0.6 is 11.3 Å². The van der Waals surface area contributed by atoms with Gasteiger partial charge in [0.25, 0.3) is 0 Å². The summed E-state index contributed by atoms with van der Waals surface area (Å²) in [6.45, 7) is 1.01. The molecule has 4 heterocycles. The lowest BCUT2D eigenvalue weighted by molar-refractivity contribution is -0.163. The number of hydrogen-bond donors (Lipinski definition) is 2. The summed E-state index contributed by atoms with van der Waals surface area (Å²) in [5, 5.41) is 19.4. The van der Waals surface area contributed by atoms with Gasteiger partial charge in [0.15, 0.2) is 10.6 Å². The Morgan fingerprint density at radius 1 is 1.22 bits per heavy atom. The predicted molar refractivity (Wildman–Crippen MR) is 124 cm³/mol. The highest BCUT2D eigenvalue weighted by atomic mass is 32.1. The molecule has 192 valence electrons. The first-order valence-corrected chi connectivity index (χ1v) is 12.6. The maximum atomic E-state index is 13.2.